The lowest BCUT2D eigenvalue weighted by Gasteiger charge is -2.19. The number of amides is 1. The molecule has 4 heteroatoms. The van der Waals surface area contributed by atoms with E-state index in [1.54, 1.807) is 6.08 Å². The van der Waals surface area contributed by atoms with Crippen molar-refractivity contribution in [3.8, 4) is 0 Å². The molecule has 0 aromatic rings. The summed E-state index contributed by atoms with van der Waals surface area (Å²) in [6.07, 6.45) is 76.1. The molecule has 2 atom stereocenters. The van der Waals surface area contributed by atoms with Crippen LogP contribution in [-0.2, 0) is 4.79 Å². The number of nitrogens with one attached hydrogen (secondary N) is 1. The number of unbranched alkanes of at least 4 members (excludes halogenated alkanes) is 43. The number of carbonyl (C=O) groups is 1. The zero-order valence-electron chi connectivity index (χ0n) is 43.6. The van der Waals surface area contributed by atoms with Crippen molar-refractivity contribution in [3.63, 3.8) is 0 Å². The Hall–Kier alpha value is -1.39. The molecule has 0 saturated heterocycles. The number of rotatable bonds is 54. The van der Waals surface area contributed by atoms with Crippen molar-refractivity contribution in [1.29, 1.82) is 0 Å². The minimum atomic E-state index is -0.869. The quantitative estimate of drug-likeness (QED) is 0.0421. The second-order valence-corrected chi connectivity index (χ2v) is 20.1. The molecule has 0 aromatic heterocycles. The summed E-state index contributed by atoms with van der Waals surface area (Å²) in [7, 11) is 0. The van der Waals surface area contributed by atoms with Crippen molar-refractivity contribution < 1.29 is 15.0 Å². The Morgan fingerprint density at radius 3 is 0.906 bits per heavy atom. The Balaban J connectivity index is 3.52. The molecule has 0 rings (SSSR count). The van der Waals surface area contributed by atoms with Gasteiger partial charge >= 0.3 is 0 Å². The first-order chi connectivity index (χ1) is 31.7. The molecule has 0 aromatic carbocycles. The molecule has 0 aliphatic carbocycles. The van der Waals surface area contributed by atoms with Gasteiger partial charge < -0.3 is 15.5 Å². The fraction of sp³-hybridized carbons (Fsp3) is 0.883. The van der Waals surface area contributed by atoms with Crippen molar-refractivity contribution in [2.45, 2.75) is 334 Å². The van der Waals surface area contributed by atoms with E-state index in [0.717, 1.165) is 38.5 Å². The zero-order chi connectivity index (χ0) is 46.3. The number of aliphatic hydroxyl groups is 2. The van der Waals surface area contributed by atoms with Crippen molar-refractivity contribution in [2.24, 2.45) is 0 Å². The molecule has 4 nitrogen and oxygen atoms in total. The minimum Gasteiger partial charge on any atom is -0.394 e. The summed E-state index contributed by atoms with van der Waals surface area (Å²) < 4.78 is 0. The molecular formula is C60H115NO3. The van der Waals surface area contributed by atoms with Crippen molar-refractivity contribution in [3.05, 3.63) is 36.5 Å². The van der Waals surface area contributed by atoms with Crippen LogP contribution in [0.1, 0.15) is 322 Å². The van der Waals surface area contributed by atoms with Gasteiger partial charge in [0.1, 0.15) is 0 Å². The number of hydrogen-bond acceptors (Lipinski definition) is 3. The van der Waals surface area contributed by atoms with Gasteiger partial charge in [-0.3, -0.25) is 4.79 Å². The molecule has 0 aliphatic rings. The largest absolute Gasteiger partial charge is 0.394 e. The average molecular weight is 899 g/mol. The van der Waals surface area contributed by atoms with Gasteiger partial charge in [-0.1, -0.05) is 307 Å². The average Bonchev–Trinajstić information content (AvgIpc) is 3.30. The monoisotopic (exact) mass is 898 g/mol. The SMILES string of the molecule is CCCCCCCCCCCCCCCCCCCC/C=C/CC/C=C/CC/C=C/C(O)C(CO)NC(=O)CCCCCCCCCCCCCCCCCCCCCCCCCC. The molecule has 0 aliphatic heterocycles. The molecule has 2 unspecified atom stereocenters. The molecule has 0 heterocycles. The van der Waals surface area contributed by atoms with Gasteiger partial charge in [-0.25, -0.2) is 0 Å². The van der Waals surface area contributed by atoms with Gasteiger partial charge in [0.05, 0.1) is 18.8 Å². The summed E-state index contributed by atoms with van der Waals surface area (Å²) in [5.74, 6) is -0.0716. The lowest BCUT2D eigenvalue weighted by atomic mass is 10.0. The van der Waals surface area contributed by atoms with Crippen molar-refractivity contribution >= 4 is 5.91 Å². The van der Waals surface area contributed by atoms with Gasteiger partial charge in [0.2, 0.25) is 5.91 Å². The molecule has 0 fully saturated rings. The summed E-state index contributed by atoms with van der Waals surface area (Å²) in [6, 6.07) is -0.644. The minimum absolute atomic E-state index is 0.0716. The Morgan fingerprint density at radius 2 is 0.609 bits per heavy atom. The van der Waals surface area contributed by atoms with Crippen LogP contribution in [0.15, 0.2) is 36.5 Å². The maximum atomic E-state index is 12.5. The highest BCUT2D eigenvalue weighted by molar-refractivity contribution is 5.76. The summed E-state index contributed by atoms with van der Waals surface area (Å²) in [5, 5.41) is 23.2. The van der Waals surface area contributed by atoms with Crippen LogP contribution >= 0.6 is 0 Å². The summed E-state index contributed by atoms with van der Waals surface area (Å²) in [4.78, 5) is 12.5. The Bertz CT molecular complexity index is 974. The van der Waals surface area contributed by atoms with Crippen molar-refractivity contribution in [2.75, 3.05) is 6.61 Å². The molecule has 1 amide bonds. The maximum Gasteiger partial charge on any atom is 0.220 e. The Morgan fingerprint density at radius 1 is 0.359 bits per heavy atom. The van der Waals surface area contributed by atoms with E-state index in [9.17, 15) is 15.0 Å². The first-order valence-electron chi connectivity index (χ1n) is 29.2. The summed E-state index contributed by atoms with van der Waals surface area (Å²) >= 11 is 0. The molecule has 64 heavy (non-hydrogen) atoms. The fourth-order valence-corrected chi connectivity index (χ4v) is 9.16. The van der Waals surface area contributed by atoms with Gasteiger partial charge in [-0.2, -0.15) is 0 Å². The van der Waals surface area contributed by atoms with Crippen LogP contribution < -0.4 is 5.32 Å². The third-order valence-corrected chi connectivity index (χ3v) is 13.6. The zero-order valence-corrected chi connectivity index (χ0v) is 43.6. The third-order valence-electron chi connectivity index (χ3n) is 13.6. The fourth-order valence-electron chi connectivity index (χ4n) is 9.16. The molecule has 3 N–H and O–H groups in total. The first kappa shape index (κ1) is 62.6. The molecule has 0 saturated carbocycles. The highest BCUT2D eigenvalue weighted by Gasteiger charge is 2.18. The van der Waals surface area contributed by atoms with E-state index in [2.05, 4.69) is 43.5 Å². The van der Waals surface area contributed by atoms with E-state index in [-0.39, 0.29) is 12.5 Å². The van der Waals surface area contributed by atoms with Crippen LogP contribution in [-0.4, -0.2) is 34.9 Å². The van der Waals surface area contributed by atoms with E-state index in [1.807, 2.05) is 6.08 Å². The van der Waals surface area contributed by atoms with Crippen LogP contribution in [0.5, 0.6) is 0 Å². The third kappa shape index (κ3) is 51.6. The molecular weight excluding hydrogens is 783 g/mol. The van der Waals surface area contributed by atoms with E-state index in [1.165, 1.54) is 263 Å². The van der Waals surface area contributed by atoms with Crippen LogP contribution in [0, 0.1) is 0 Å². The van der Waals surface area contributed by atoms with E-state index in [4.69, 9.17) is 0 Å². The van der Waals surface area contributed by atoms with Crippen LogP contribution in [0.2, 0.25) is 0 Å². The van der Waals surface area contributed by atoms with Crippen LogP contribution in [0.25, 0.3) is 0 Å². The second-order valence-electron chi connectivity index (χ2n) is 20.1. The normalized spacial score (nSPS) is 13.0. The predicted molar refractivity (Wildman–Crippen MR) is 285 cm³/mol. The number of allylic oxidation sites excluding steroid dienone is 5. The van der Waals surface area contributed by atoms with Crippen LogP contribution in [0.4, 0.5) is 0 Å². The standard InChI is InChI=1S/C60H115NO3/c1-3-5-7-9-11-13-15-17-19-21-23-25-27-29-30-31-32-33-35-37-39-41-43-45-47-49-51-53-55-59(63)58(57-62)61-60(64)56-54-52-50-48-46-44-42-40-38-36-34-28-26-24-22-20-18-16-14-12-10-8-6-4-2/h37,39,45,47,53,55,58-59,62-63H,3-36,38,40-44,46,48-52,54,56-57H2,1-2H3,(H,61,64)/b39-37+,47-45+,55-53+. The maximum absolute atomic E-state index is 12.5. The Labute approximate surface area is 402 Å². The number of aliphatic hydroxyl groups excluding tert-OH is 2. The Kier molecular flexibility index (Phi) is 54.7. The number of hydrogen-bond donors (Lipinski definition) is 3. The lowest BCUT2D eigenvalue weighted by Crippen LogP contribution is -2.45. The lowest BCUT2D eigenvalue weighted by molar-refractivity contribution is -0.123. The predicted octanol–water partition coefficient (Wildman–Crippen LogP) is 19.3. The van der Waals surface area contributed by atoms with E-state index >= 15 is 0 Å². The highest BCUT2D eigenvalue weighted by atomic mass is 16.3. The van der Waals surface area contributed by atoms with Crippen LogP contribution in [0.3, 0.4) is 0 Å². The molecule has 0 radical (unpaired) electrons. The number of carbonyl (C=O) groups excluding carboxylic acids is 1. The second kappa shape index (κ2) is 55.9. The van der Waals surface area contributed by atoms with E-state index in [0.29, 0.717) is 6.42 Å². The van der Waals surface area contributed by atoms with E-state index < -0.39 is 12.1 Å². The van der Waals surface area contributed by atoms with Gasteiger partial charge in [0.15, 0.2) is 0 Å². The molecule has 378 valence electrons. The van der Waals surface area contributed by atoms with Gasteiger partial charge in [-0.15, -0.1) is 0 Å². The first-order valence-corrected chi connectivity index (χ1v) is 29.2. The smallest absolute Gasteiger partial charge is 0.220 e. The summed E-state index contributed by atoms with van der Waals surface area (Å²) in [6.45, 7) is 4.33. The molecule has 0 bridgehead atoms. The van der Waals surface area contributed by atoms with Gasteiger partial charge in [0, 0.05) is 6.42 Å². The van der Waals surface area contributed by atoms with Crippen molar-refractivity contribution in [1.82, 2.24) is 5.32 Å². The van der Waals surface area contributed by atoms with Gasteiger partial charge in [0.25, 0.3) is 0 Å². The highest BCUT2D eigenvalue weighted by Crippen LogP contribution is 2.18. The topological polar surface area (TPSA) is 69.6 Å². The summed E-state index contributed by atoms with van der Waals surface area (Å²) in [5.41, 5.74) is 0. The molecule has 0 spiro atoms. The van der Waals surface area contributed by atoms with Gasteiger partial charge in [-0.05, 0) is 44.9 Å².